The first-order valence-corrected chi connectivity index (χ1v) is 7.02. The predicted molar refractivity (Wildman–Crippen MR) is 77.8 cm³/mol. The molecule has 20 heavy (non-hydrogen) atoms. The van der Waals surface area contributed by atoms with Crippen molar-refractivity contribution in [3.63, 3.8) is 0 Å². The maximum Gasteiger partial charge on any atom is 0.254 e. The molecule has 1 heterocycles. The second-order valence-corrected chi connectivity index (χ2v) is 5.18. The molecule has 0 spiro atoms. The van der Waals surface area contributed by atoms with Crippen molar-refractivity contribution in [2.24, 2.45) is 0 Å². The Bertz CT molecular complexity index is 476. The summed E-state index contributed by atoms with van der Waals surface area (Å²) < 4.78 is 5.15. The van der Waals surface area contributed by atoms with Gasteiger partial charge in [-0.1, -0.05) is 12.8 Å². The van der Waals surface area contributed by atoms with Crippen LogP contribution in [0.1, 0.15) is 36.0 Å². The monoisotopic (exact) mass is 278 g/mol. The third-order valence-electron chi connectivity index (χ3n) is 3.76. The average Bonchev–Trinajstić information content (AvgIpc) is 2.70. The SMILES string of the molecule is COc1cc(N)cc(C(=O)N2CCCCCC2CO)c1. The van der Waals surface area contributed by atoms with Gasteiger partial charge in [-0.15, -0.1) is 0 Å². The number of anilines is 1. The van der Waals surface area contributed by atoms with Gasteiger partial charge in [0, 0.05) is 23.9 Å². The zero-order valence-corrected chi connectivity index (χ0v) is 11.8. The van der Waals surface area contributed by atoms with Crippen molar-refractivity contribution in [3.05, 3.63) is 23.8 Å². The number of likely N-dealkylation sites (tertiary alicyclic amines) is 1. The molecule has 1 amide bonds. The number of benzene rings is 1. The smallest absolute Gasteiger partial charge is 0.254 e. The first-order valence-electron chi connectivity index (χ1n) is 7.02. The number of ether oxygens (including phenoxy) is 1. The molecule has 2 rings (SSSR count). The summed E-state index contributed by atoms with van der Waals surface area (Å²) in [7, 11) is 1.55. The zero-order valence-electron chi connectivity index (χ0n) is 11.8. The fraction of sp³-hybridized carbons (Fsp3) is 0.533. The third kappa shape index (κ3) is 3.22. The molecule has 5 heteroatoms. The quantitative estimate of drug-likeness (QED) is 0.824. The lowest BCUT2D eigenvalue weighted by Crippen LogP contribution is -2.42. The molecule has 3 N–H and O–H groups in total. The molecular weight excluding hydrogens is 256 g/mol. The minimum Gasteiger partial charge on any atom is -0.497 e. The standard InChI is InChI=1S/C15H22N2O3/c1-20-14-8-11(7-12(16)9-14)15(19)17-6-4-2-3-5-13(17)10-18/h7-9,13,18H,2-6,10,16H2,1H3. The number of carbonyl (C=O) groups is 1. The number of methoxy groups -OCH3 is 1. The summed E-state index contributed by atoms with van der Waals surface area (Å²) in [5.41, 5.74) is 6.82. The molecule has 1 aliphatic rings. The summed E-state index contributed by atoms with van der Waals surface area (Å²) in [5.74, 6) is 0.486. The summed E-state index contributed by atoms with van der Waals surface area (Å²) in [6, 6.07) is 4.93. The maximum absolute atomic E-state index is 12.6. The second-order valence-electron chi connectivity index (χ2n) is 5.18. The van der Waals surface area contributed by atoms with Crippen LogP contribution >= 0.6 is 0 Å². The van der Waals surface area contributed by atoms with Crippen molar-refractivity contribution in [2.45, 2.75) is 31.7 Å². The Morgan fingerprint density at radius 2 is 2.20 bits per heavy atom. The van der Waals surface area contributed by atoms with Gasteiger partial charge in [0.05, 0.1) is 19.8 Å². The van der Waals surface area contributed by atoms with Crippen LogP contribution in [-0.2, 0) is 0 Å². The van der Waals surface area contributed by atoms with E-state index in [-0.39, 0.29) is 18.6 Å². The van der Waals surface area contributed by atoms with Gasteiger partial charge in [0.2, 0.25) is 0 Å². The summed E-state index contributed by atoms with van der Waals surface area (Å²) in [5, 5.41) is 9.49. The normalized spacial score (nSPS) is 19.5. The summed E-state index contributed by atoms with van der Waals surface area (Å²) in [6.07, 6.45) is 3.97. The Hall–Kier alpha value is -1.75. The fourth-order valence-electron chi connectivity index (χ4n) is 2.66. The molecule has 1 unspecified atom stereocenters. The van der Waals surface area contributed by atoms with Crippen molar-refractivity contribution in [1.82, 2.24) is 4.90 Å². The summed E-state index contributed by atoms with van der Waals surface area (Å²) in [6.45, 7) is 0.687. The molecule has 1 aromatic carbocycles. The van der Waals surface area contributed by atoms with Gasteiger partial charge in [0.15, 0.2) is 0 Å². The highest BCUT2D eigenvalue weighted by molar-refractivity contribution is 5.95. The number of carbonyl (C=O) groups excluding carboxylic acids is 1. The van der Waals surface area contributed by atoms with Gasteiger partial charge in [-0.2, -0.15) is 0 Å². The third-order valence-corrected chi connectivity index (χ3v) is 3.76. The molecule has 1 aromatic rings. The van der Waals surface area contributed by atoms with Crippen LogP contribution in [0.2, 0.25) is 0 Å². The van der Waals surface area contributed by atoms with E-state index < -0.39 is 0 Å². The van der Waals surface area contributed by atoms with Crippen molar-refractivity contribution >= 4 is 11.6 Å². The Labute approximate surface area is 119 Å². The molecule has 1 atom stereocenters. The van der Waals surface area contributed by atoms with Crippen LogP contribution in [0.25, 0.3) is 0 Å². The first-order chi connectivity index (χ1) is 9.65. The Balaban J connectivity index is 2.26. The van der Waals surface area contributed by atoms with Gasteiger partial charge in [-0.3, -0.25) is 4.79 Å². The van der Waals surface area contributed by atoms with Crippen molar-refractivity contribution < 1.29 is 14.6 Å². The van der Waals surface area contributed by atoms with Gasteiger partial charge in [0.25, 0.3) is 5.91 Å². The topological polar surface area (TPSA) is 75.8 Å². The van der Waals surface area contributed by atoms with Crippen LogP contribution < -0.4 is 10.5 Å². The van der Waals surface area contributed by atoms with Crippen molar-refractivity contribution in [2.75, 3.05) is 26.0 Å². The van der Waals surface area contributed by atoms with Crippen LogP contribution in [0.15, 0.2) is 18.2 Å². The van der Waals surface area contributed by atoms with Crippen LogP contribution in [0, 0.1) is 0 Å². The highest BCUT2D eigenvalue weighted by Gasteiger charge is 2.26. The molecule has 0 bridgehead atoms. The average molecular weight is 278 g/mol. The molecule has 0 aromatic heterocycles. The van der Waals surface area contributed by atoms with E-state index in [9.17, 15) is 9.90 Å². The highest BCUT2D eigenvalue weighted by Crippen LogP contribution is 2.23. The first kappa shape index (κ1) is 14.7. The number of hydrogen-bond acceptors (Lipinski definition) is 4. The van der Waals surface area contributed by atoms with E-state index in [1.165, 1.54) is 0 Å². The number of amides is 1. The molecule has 5 nitrogen and oxygen atoms in total. The van der Waals surface area contributed by atoms with Gasteiger partial charge in [-0.25, -0.2) is 0 Å². The number of nitrogens with two attached hydrogens (primary N) is 1. The Morgan fingerprint density at radius 3 is 2.90 bits per heavy atom. The lowest BCUT2D eigenvalue weighted by Gasteiger charge is -2.29. The van der Waals surface area contributed by atoms with Gasteiger partial charge < -0.3 is 20.5 Å². The Morgan fingerprint density at radius 1 is 1.40 bits per heavy atom. The lowest BCUT2D eigenvalue weighted by molar-refractivity contribution is 0.0599. The van der Waals surface area contributed by atoms with E-state index in [0.29, 0.717) is 23.5 Å². The second kappa shape index (κ2) is 6.61. The minimum absolute atomic E-state index is 0.00515. The number of nitrogen functional groups attached to an aromatic ring is 1. The van der Waals surface area contributed by atoms with Crippen LogP contribution in [0.3, 0.4) is 0 Å². The van der Waals surface area contributed by atoms with E-state index in [0.717, 1.165) is 25.7 Å². The lowest BCUT2D eigenvalue weighted by atomic mass is 10.1. The molecule has 110 valence electrons. The zero-order chi connectivity index (χ0) is 14.5. The van der Waals surface area contributed by atoms with Gasteiger partial charge in [-0.05, 0) is 25.0 Å². The molecule has 0 aliphatic carbocycles. The largest absolute Gasteiger partial charge is 0.497 e. The van der Waals surface area contributed by atoms with E-state index in [1.54, 1.807) is 30.2 Å². The van der Waals surface area contributed by atoms with E-state index >= 15 is 0 Å². The van der Waals surface area contributed by atoms with E-state index in [4.69, 9.17) is 10.5 Å². The molecule has 0 saturated carbocycles. The van der Waals surface area contributed by atoms with Crippen LogP contribution in [-0.4, -0.2) is 42.2 Å². The Kier molecular flexibility index (Phi) is 4.84. The summed E-state index contributed by atoms with van der Waals surface area (Å²) in [4.78, 5) is 14.4. The van der Waals surface area contributed by atoms with E-state index in [2.05, 4.69) is 0 Å². The number of aliphatic hydroxyl groups is 1. The van der Waals surface area contributed by atoms with Crippen molar-refractivity contribution in [3.8, 4) is 5.75 Å². The fourth-order valence-corrected chi connectivity index (χ4v) is 2.66. The molecule has 0 radical (unpaired) electrons. The molecule has 1 fully saturated rings. The number of aliphatic hydroxyl groups excluding tert-OH is 1. The predicted octanol–water partition coefficient (Wildman–Crippen LogP) is 1.65. The number of nitrogens with zero attached hydrogens (tertiary/aromatic N) is 1. The van der Waals surface area contributed by atoms with Crippen LogP contribution in [0.5, 0.6) is 5.75 Å². The highest BCUT2D eigenvalue weighted by atomic mass is 16.5. The van der Waals surface area contributed by atoms with E-state index in [1.807, 2.05) is 0 Å². The summed E-state index contributed by atoms with van der Waals surface area (Å²) >= 11 is 0. The van der Waals surface area contributed by atoms with Gasteiger partial charge >= 0.3 is 0 Å². The maximum atomic E-state index is 12.6. The number of rotatable bonds is 3. The van der Waals surface area contributed by atoms with Gasteiger partial charge in [0.1, 0.15) is 5.75 Å². The number of hydrogen-bond donors (Lipinski definition) is 2. The molecule has 1 saturated heterocycles. The molecule has 1 aliphatic heterocycles. The molecular formula is C15H22N2O3. The van der Waals surface area contributed by atoms with Crippen molar-refractivity contribution in [1.29, 1.82) is 0 Å². The van der Waals surface area contributed by atoms with Crippen LogP contribution in [0.4, 0.5) is 5.69 Å². The minimum atomic E-state index is -0.0996.